The summed E-state index contributed by atoms with van der Waals surface area (Å²) in [5.74, 6) is 0.631. The highest BCUT2D eigenvalue weighted by Crippen LogP contribution is 2.27. The van der Waals surface area contributed by atoms with Crippen molar-refractivity contribution in [3.63, 3.8) is 0 Å². The average Bonchev–Trinajstić information content (AvgIpc) is 2.70. The van der Waals surface area contributed by atoms with Crippen molar-refractivity contribution in [2.24, 2.45) is 11.7 Å². The van der Waals surface area contributed by atoms with Crippen LogP contribution in [0.4, 0.5) is 0 Å². The lowest BCUT2D eigenvalue weighted by Gasteiger charge is -2.20. The highest BCUT2D eigenvalue weighted by molar-refractivity contribution is 5.77. The maximum Gasteiger partial charge on any atom is 0.246 e. The largest absolute Gasteiger partial charge is 0.370 e. The third-order valence-corrected chi connectivity index (χ3v) is 2.99. The molecular formula is C11H22N2O2. The molecule has 0 aliphatic heterocycles. The molecule has 1 atom stereocenters. The Morgan fingerprint density at radius 2 is 2.20 bits per heavy atom. The fourth-order valence-corrected chi connectivity index (χ4v) is 2.12. The molecule has 0 spiro atoms. The van der Waals surface area contributed by atoms with E-state index in [4.69, 9.17) is 10.5 Å². The van der Waals surface area contributed by atoms with E-state index in [1.54, 1.807) is 0 Å². The first-order chi connectivity index (χ1) is 7.24. The van der Waals surface area contributed by atoms with Gasteiger partial charge >= 0.3 is 0 Å². The zero-order chi connectivity index (χ0) is 11.1. The van der Waals surface area contributed by atoms with Crippen LogP contribution in [-0.4, -0.2) is 31.7 Å². The Labute approximate surface area is 91.5 Å². The molecule has 0 aromatic heterocycles. The predicted molar refractivity (Wildman–Crippen MR) is 59.4 cm³/mol. The molecule has 0 bridgehead atoms. The summed E-state index contributed by atoms with van der Waals surface area (Å²) >= 11 is 0. The lowest BCUT2D eigenvalue weighted by Crippen LogP contribution is -2.39. The molecule has 0 saturated heterocycles. The zero-order valence-corrected chi connectivity index (χ0v) is 9.50. The predicted octanol–water partition coefficient (Wildman–Crippen LogP) is 0.657. The SMILES string of the molecule is C[C@H](NC(=O)COCCN)C1CCCC1. The molecule has 1 saturated carbocycles. The van der Waals surface area contributed by atoms with Gasteiger partial charge < -0.3 is 15.8 Å². The average molecular weight is 214 g/mol. The minimum Gasteiger partial charge on any atom is -0.370 e. The third kappa shape index (κ3) is 4.62. The van der Waals surface area contributed by atoms with Crippen LogP contribution in [0.1, 0.15) is 32.6 Å². The van der Waals surface area contributed by atoms with Gasteiger partial charge in [-0.25, -0.2) is 0 Å². The molecular weight excluding hydrogens is 192 g/mol. The second kappa shape index (κ2) is 6.80. The van der Waals surface area contributed by atoms with E-state index in [0.717, 1.165) is 0 Å². The van der Waals surface area contributed by atoms with Crippen LogP contribution in [0.3, 0.4) is 0 Å². The first-order valence-electron chi connectivity index (χ1n) is 5.81. The maximum atomic E-state index is 11.4. The summed E-state index contributed by atoms with van der Waals surface area (Å²) in [7, 11) is 0. The van der Waals surface area contributed by atoms with Gasteiger partial charge in [-0.15, -0.1) is 0 Å². The van der Waals surface area contributed by atoms with Gasteiger partial charge in [0.25, 0.3) is 0 Å². The standard InChI is InChI=1S/C11H22N2O2/c1-9(10-4-2-3-5-10)13-11(14)8-15-7-6-12/h9-10H,2-8,12H2,1H3,(H,13,14)/t9-/m0/s1. The highest BCUT2D eigenvalue weighted by atomic mass is 16.5. The normalized spacial score (nSPS) is 19.1. The summed E-state index contributed by atoms with van der Waals surface area (Å²) in [5, 5.41) is 2.98. The number of carbonyl (C=O) groups excluding carboxylic acids is 1. The molecule has 15 heavy (non-hydrogen) atoms. The van der Waals surface area contributed by atoms with Crippen molar-refractivity contribution in [1.82, 2.24) is 5.32 Å². The van der Waals surface area contributed by atoms with E-state index in [-0.39, 0.29) is 18.6 Å². The van der Waals surface area contributed by atoms with E-state index < -0.39 is 0 Å². The zero-order valence-electron chi connectivity index (χ0n) is 9.50. The molecule has 4 nitrogen and oxygen atoms in total. The first-order valence-corrected chi connectivity index (χ1v) is 5.81. The Morgan fingerprint density at radius 3 is 2.80 bits per heavy atom. The fraction of sp³-hybridized carbons (Fsp3) is 0.909. The molecule has 0 aromatic carbocycles. The summed E-state index contributed by atoms with van der Waals surface area (Å²) in [6.45, 7) is 3.13. The number of hydrogen-bond acceptors (Lipinski definition) is 3. The summed E-state index contributed by atoms with van der Waals surface area (Å²) in [6.07, 6.45) is 5.08. The van der Waals surface area contributed by atoms with Gasteiger partial charge in [-0.05, 0) is 25.7 Å². The smallest absolute Gasteiger partial charge is 0.246 e. The van der Waals surface area contributed by atoms with Crippen LogP contribution in [0.25, 0.3) is 0 Å². The van der Waals surface area contributed by atoms with Gasteiger partial charge in [-0.2, -0.15) is 0 Å². The number of nitrogens with two attached hydrogens (primary N) is 1. The van der Waals surface area contributed by atoms with E-state index in [1.807, 2.05) is 0 Å². The number of hydrogen-bond donors (Lipinski definition) is 2. The van der Waals surface area contributed by atoms with Crippen molar-refractivity contribution in [1.29, 1.82) is 0 Å². The highest BCUT2D eigenvalue weighted by Gasteiger charge is 2.22. The van der Waals surface area contributed by atoms with Crippen molar-refractivity contribution < 1.29 is 9.53 Å². The number of ether oxygens (including phenoxy) is 1. The molecule has 1 fully saturated rings. The van der Waals surface area contributed by atoms with Gasteiger partial charge in [-0.3, -0.25) is 4.79 Å². The molecule has 88 valence electrons. The molecule has 3 N–H and O–H groups in total. The Bertz CT molecular complexity index is 191. The minimum atomic E-state index is -0.0251. The van der Waals surface area contributed by atoms with Crippen molar-refractivity contribution in [3.8, 4) is 0 Å². The van der Waals surface area contributed by atoms with Crippen LogP contribution in [0, 0.1) is 5.92 Å². The van der Waals surface area contributed by atoms with Gasteiger partial charge in [0.05, 0.1) is 6.61 Å². The number of nitrogens with one attached hydrogen (secondary N) is 1. The maximum absolute atomic E-state index is 11.4. The van der Waals surface area contributed by atoms with Gasteiger partial charge in [0, 0.05) is 12.6 Å². The van der Waals surface area contributed by atoms with Gasteiger partial charge in [0.2, 0.25) is 5.91 Å². The molecule has 0 heterocycles. The number of rotatable bonds is 6. The van der Waals surface area contributed by atoms with Crippen molar-refractivity contribution >= 4 is 5.91 Å². The Kier molecular flexibility index (Phi) is 5.65. The van der Waals surface area contributed by atoms with Crippen molar-refractivity contribution in [2.45, 2.75) is 38.6 Å². The van der Waals surface area contributed by atoms with Gasteiger partial charge in [0.1, 0.15) is 6.61 Å². The lowest BCUT2D eigenvalue weighted by molar-refractivity contribution is -0.126. The lowest BCUT2D eigenvalue weighted by atomic mass is 10.00. The van der Waals surface area contributed by atoms with Crippen molar-refractivity contribution in [3.05, 3.63) is 0 Å². The van der Waals surface area contributed by atoms with E-state index in [9.17, 15) is 4.79 Å². The van der Waals surface area contributed by atoms with Crippen LogP contribution < -0.4 is 11.1 Å². The molecule has 0 unspecified atom stereocenters. The molecule has 1 rings (SSSR count). The van der Waals surface area contributed by atoms with E-state index >= 15 is 0 Å². The number of amides is 1. The Hall–Kier alpha value is -0.610. The monoisotopic (exact) mass is 214 g/mol. The molecule has 0 radical (unpaired) electrons. The second-order valence-electron chi connectivity index (χ2n) is 4.24. The van der Waals surface area contributed by atoms with Crippen LogP contribution in [-0.2, 0) is 9.53 Å². The molecule has 1 amide bonds. The first kappa shape index (κ1) is 12.5. The quantitative estimate of drug-likeness (QED) is 0.638. The van der Waals surface area contributed by atoms with E-state index in [0.29, 0.717) is 19.1 Å². The van der Waals surface area contributed by atoms with Crippen LogP contribution in [0.15, 0.2) is 0 Å². The Balaban J connectivity index is 2.13. The van der Waals surface area contributed by atoms with Crippen molar-refractivity contribution in [2.75, 3.05) is 19.8 Å². The van der Waals surface area contributed by atoms with Gasteiger partial charge in [0.15, 0.2) is 0 Å². The summed E-state index contributed by atoms with van der Waals surface area (Å²) in [5.41, 5.74) is 5.26. The number of carbonyl (C=O) groups is 1. The van der Waals surface area contributed by atoms with E-state index in [2.05, 4.69) is 12.2 Å². The fourth-order valence-electron chi connectivity index (χ4n) is 2.12. The molecule has 0 aromatic rings. The minimum absolute atomic E-state index is 0.0251. The summed E-state index contributed by atoms with van der Waals surface area (Å²) < 4.78 is 5.07. The summed E-state index contributed by atoms with van der Waals surface area (Å²) in [4.78, 5) is 11.4. The topological polar surface area (TPSA) is 64.3 Å². The van der Waals surface area contributed by atoms with Crippen LogP contribution >= 0.6 is 0 Å². The van der Waals surface area contributed by atoms with E-state index in [1.165, 1.54) is 25.7 Å². The molecule has 1 aliphatic carbocycles. The third-order valence-electron chi connectivity index (χ3n) is 2.99. The summed E-state index contributed by atoms with van der Waals surface area (Å²) in [6, 6.07) is 0.279. The molecule has 1 aliphatic rings. The second-order valence-corrected chi connectivity index (χ2v) is 4.24. The van der Waals surface area contributed by atoms with Gasteiger partial charge in [-0.1, -0.05) is 12.8 Å². The van der Waals surface area contributed by atoms with Crippen LogP contribution in [0.5, 0.6) is 0 Å². The van der Waals surface area contributed by atoms with Crippen LogP contribution in [0.2, 0.25) is 0 Å². The molecule has 4 heteroatoms. The Morgan fingerprint density at radius 1 is 1.53 bits per heavy atom.